The molecular weight excluding hydrogens is 306 g/mol. The maximum atomic E-state index is 12.3. The second kappa shape index (κ2) is 8.68. The van der Waals surface area contributed by atoms with Gasteiger partial charge in [0.1, 0.15) is 0 Å². The molecule has 1 aliphatic heterocycles. The Hall–Kier alpha value is -2.08. The van der Waals surface area contributed by atoms with Crippen molar-refractivity contribution in [2.75, 3.05) is 49.7 Å². The minimum atomic E-state index is -0.295. The number of carbonyl (C=O) groups is 2. The highest BCUT2D eigenvalue weighted by Crippen LogP contribution is 2.27. The van der Waals surface area contributed by atoms with E-state index in [0.717, 1.165) is 24.5 Å². The lowest BCUT2D eigenvalue weighted by Gasteiger charge is -2.22. The summed E-state index contributed by atoms with van der Waals surface area (Å²) in [6.07, 6.45) is 0.261. The van der Waals surface area contributed by atoms with Crippen LogP contribution >= 0.6 is 0 Å². The molecule has 2 amide bonds. The van der Waals surface area contributed by atoms with Gasteiger partial charge in [0, 0.05) is 51.1 Å². The molecule has 24 heavy (non-hydrogen) atoms. The highest BCUT2D eigenvalue weighted by atomic mass is 16.5. The molecule has 1 unspecified atom stereocenters. The molecule has 1 fully saturated rings. The number of nitrogens with zero attached hydrogens (tertiary/aromatic N) is 2. The van der Waals surface area contributed by atoms with Gasteiger partial charge in [0.05, 0.1) is 12.5 Å². The molecule has 0 saturated carbocycles. The van der Waals surface area contributed by atoms with Crippen molar-refractivity contribution >= 4 is 23.2 Å². The Balaban J connectivity index is 1.99. The third kappa shape index (κ3) is 4.26. The van der Waals surface area contributed by atoms with Gasteiger partial charge in [-0.25, -0.2) is 0 Å². The highest BCUT2D eigenvalue weighted by molar-refractivity contribution is 6.00. The van der Waals surface area contributed by atoms with Crippen LogP contribution in [0.15, 0.2) is 24.3 Å². The third-order valence-electron chi connectivity index (χ3n) is 4.39. The van der Waals surface area contributed by atoms with Crippen LogP contribution in [0, 0.1) is 5.92 Å². The fourth-order valence-corrected chi connectivity index (χ4v) is 2.99. The normalized spacial score (nSPS) is 17.2. The monoisotopic (exact) mass is 333 g/mol. The molecule has 0 aromatic heterocycles. The zero-order valence-electron chi connectivity index (χ0n) is 14.7. The number of methoxy groups -OCH3 is 1. The van der Waals surface area contributed by atoms with Gasteiger partial charge in [0.2, 0.25) is 11.8 Å². The number of hydrogen-bond donors (Lipinski definition) is 1. The predicted molar refractivity (Wildman–Crippen MR) is 95.3 cm³/mol. The van der Waals surface area contributed by atoms with Gasteiger partial charge in [-0.3, -0.25) is 9.59 Å². The first kappa shape index (κ1) is 18.3. The first-order valence-electron chi connectivity index (χ1n) is 8.52. The second-order valence-electron chi connectivity index (χ2n) is 5.88. The number of benzene rings is 1. The number of carbonyl (C=O) groups excluding carboxylic acids is 2. The van der Waals surface area contributed by atoms with Gasteiger partial charge in [-0.2, -0.15) is 0 Å². The minimum absolute atomic E-state index is 0.00233. The lowest BCUT2D eigenvalue weighted by molar-refractivity contribution is -0.126. The van der Waals surface area contributed by atoms with Crippen molar-refractivity contribution in [2.24, 2.45) is 5.92 Å². The molecule has 1 aromatic rings. The van der Waals surface area contributed by atoms with Gasteiger partial charge >= 0.3 is 0 Å². The predicted octanol–water partition coefficient (Wildman–Crippen LogP) is 1.65. The maximum Gasteiger partial charge on any atom is 0.227 e. The van der Waals surface area contributed by atoms with E-state index in [9.17, 15) is 9.59 Å². The third-order valence-corrected chi connectivity index (χ3v) is 4.39. The summed E-state index contributed by atoms with van der Waals surface area (Å²) in [6.45, 7) is 7.51. The fraction of sp³-hybridized carbons (Fsp3) is 0.556. The molecule has 6 nitrogen and oxygen atoms in total. The van der Waals surface area contributed by atoms with Crippen molar-refractivity contribution < 1.29 is 14.3 Å². The molecule has 1 heterocycles. The molecule has 1 aromatic carbocycles. The summed E-state index contributed by atoms with van der Waals surface area (Å²) < 4.78 is 4.92. The molecule has 1 saturated heterocycles. The van der Waals surface area contributed by atoms with Gasteiger partial charge in [-0.05, 0) is 38.1 Å². The van der Waals surface area contributed by atoms with Crippen molar-refractivity contribution in [2.45, 2.75) is 20.3 Å². The molecule has 132 valence electrons. The van der Waals surface area contributed by atoms with Crippen LogP contribution in [-0.2, 0) is 14.3 Å². The van der Waals surface area contributed by atoms with Crippen LogP contribution in [0.1, 0.15) is 20.3 Å². The molecular formula is C18H27N3O3. The topological polar surface area (TPSA) is 61.9 Å². The molecule has 0 spiro atoms. The van der Waals surface area contributed by atoms with E-state index in [-0.39, 0.29) is 24.2 Å². The number of rotatable bonds is 8. The lowest BCUT2D eigenvalue weighted by atomic mass is 10.1. The molecule has 1 aliphatic rings. The van der Waals surface area contributed by atoms with Crippen molar-refractivity contribution in [1.82, 2.24) is 5.32 Å². The van der Waals surface area contributed by atoms with E-state index >= 15 is 0 Å². The molecule has 1 atom stereocenters. The van der Waals surface area contributed by atoms with Gasteiger partial charge in [-0.1, -0.05) is 0 Å². The first-order valence-corrected chi connectivity index (χ1v) is 8.52. The lowest BCUT2D eigenvalue weighted by Crippen LogP contribution is -2.34. The number of nitrogens with one attached hydrogen (secondary N) is 1. The van der Waals surface area contributed by atoms with Crippen molar-refractivity contribution in [3.8, 4) is 0 Å². The number of amides is 2. The highest BCUT2D eigenvalue weighted by Gasteiger charge is 2.34. The van der Waals surface area contributed by atoms with Gasteiger partial charge in [0.25, 0.3) is 0 Å². The van der Waals surface area contributed by atoms with E-state index < -0.39 is 0 Å². The summed E-state index contributed by atoms with van der Waals surface area (Å²) in [4.78, 5) is 28.3. The quantitative estimate of drug-likeness (QED) is 0.735. The Morgan fingerprint density at radius 3 is 2.54 bits per heavy atom. The summed E-state index contributed by atoms with van der Waals surface area (Å²) in [5.74, 6) is -0.378. The van der Waals surface area contributed by atoms with Crippen LogP contribution in [0.5, 0.6) is 0 Å². The largest absolute Gasteiger partial charge is 0.383 e. The second-order valence-corrected chi connectivity index (χ2v) is 5.88. The molecule has 2 rings (SSSR count). The molecule has 0 aliphatic carbocycles. The van der Waals surface area contributed by atoms with Crippen LogP contribution in [0.25, 0.3) is 0 Å². The van der Waals surface area contributed by atoms with Gasteiger partial charge in [0.15, 0.2) is 0 Å². The van der Waals surface area contributed by atoms with Crippen LogP contribution < -0.4 is 15.1 Å². The number of anilines is 2. The Bertz CT molecular complexity index is 555. The Morgan fingerprint density at radius 1 is 1.29 bits per heavy atom. The van der Waals surface area contributed by atoms with Gasteiger partial charge < -0.3 is 19.9 Å². The SMILES string of the molecule is CCN(CC)c1ccc(N2CC(C(=O)NCCOC)CC2=O)cc1. The summed E-state index contributed by atoms with van der Waals surface area (Å²) in [6, 6.07) is 7.97. The molecule has 0 radical (unpaired) electrons. The Kier molecular flexibility index (Phi) is 6.61. The number of ether oxygens (including phenoxy) is 1. The van der Waals surface area contributed by atoms with Crippen LogP contribution in [0.3, 0.4) is 0 Å². The minimum Gasteiger partial charge on any atom is -0.383 e. The summed E-state index contributed by atoms with van der Waals surface area (Å²) >= 11 is 0. The number of hydrogen-bond acceptors (Lipinski definition) is 4. The smallest absolute Gasteiger partial charge is 0.227 e. The van der Waals surface area contributed by atoms with Crippen LogP contribution in [0.4, 0.5) is 11.4 Å². The van der Waals surface area contributed by atoms with Crippen molar-refractivity contribution in [1.29, 1.82) is 0 Å². The van der Waals surface area contributed by atoms with Gasteiger partial charge in [-0.15, -0.1) is 0 Å². The Morgan fingerprint density at radius 2 is 1.96 bits per heavy atom. The van der Waals surface area contributed by atoms with E-state index in [1.165, 1.54) is 0 Å². The molecule has 6 heteroatoms. The average Bonchev–Trinajstić information content (AvgIpc) is 2.99. The first-order chi connectivity index (χ1) is 11.6. The van der Waals surface area contributed by atoms with Crippen LogP contribution in [0.2, 0.25) is 0 Å². The summed E-state index contributed by atoms with van der Waals surface area (Å²) in [5, 5.41) is 2.81. The van der Waals surface area contributed by atoms with Crippen LogP contribution in [-0.4, -0.2) is 51.7 Å². The van der Waals surface area contributed by atoms with E-state index in [1.807, 2.05) is 24.3 Å². The zero-order chi connectivity index (χ0) is 17.5. The Labute approximate surface area is 143 Å². The zero-order valence-corrected chi connectivity index (χ0v) is 14.7. The van der Waals surface area contributed by atoms with E-state index in [2.05, 4.69) is 24.1 Å². The van der Waals surface area contributed by atoms with E-state index in [0.29, 0.717) is 19.7 Å². The fourth-order valence-electron chi connectivity index (χ4n) is 2.99. The van der Waals surface area contributed by atoms with Crippen molar-refractivity contribution in [3.63, 3.8) is 0 Å². The van der Waals surface area contributed by atoms with E-state index in [4.69, 9.17) is 4.74 Å². The van der Waals surface area contributed by atoms with E-state index in [1.54, 1.807) is 12.0 Å². The maximum absolute atomic E-state index is 12.3. The summed E-state index contributed by atoms with van der Waals surface area (Å²) in [5.41, 5.74) is 1.99. The summed E-state index contributed by atoms with van der Waals surface area (Å²) in [7, 11) is 1.59. The van der Waals surface area contributed by atoms with Crippen molar-refractivity contribution in [3.05, 3.63) is 24.3 Å². The molecule has 0 bridgehead atoms. The standard InChI is InChI=1S/C18H27N3O3/c1-4-20(5-2)15-6-8-16(9-7-15)21-13-14(12-17(21)22)18(23)19-10-11-24-3/h6-9,14H,4-5,10-13H2,1-3H3,(H,19,23). The molecule has 1 N–H and O–H groups in total. The average molecular weight is 333 g/mol.